The minimum absolute atomic E-state index is 0.114. The smallest absolute Gasteiger partial charge is 0.120 e. The number of methoxy groups -OCH3 is 1. The van der Waals surface area contributed by atoms with Gasteiger partial charge in [-0.25, -0.2) is 0 Å². The van der Waals surface area contributed by atoms with E-state index in [1.807, 2.05) is 24.3 Å². The minimum Gasteiger partial charge on any atom is -0.497 e. The van der Waals surface area contributed by atoms with E-state index in [0.717, 1.165) is 11.3 Å². The molecule has 0 fully saturated rings. The van der Waals surface area contributed by atoms with Gasteiger partial charge in [-0.15, -0.1) is 0 Å². The molecule has 12 heavy (non-hydrogen) atoms. The Hall–Kier alpha value is -1.46. The van der Waals surface area contributed by atoms with E-state index in [1.54, 1.807) is 7.11 Å². The second-order valence-electron chi connectivity index (χ2n) is 2.19. The molecule has 2 nitrogen and oxygen atoms in total. The van der Waals surface area contributed by atoms with Crippen molar-refractivity contribution in [1.29, 1.82) is 0 Å². The predicted molar refractivity (Wildman–Crippen MR) is 47.0 cm³/mol. The van der Waals surface area contributed by atoms with Gasteiger partial charge < -0.3 is 9.84 Å². The van der Waals surface area contributed by atoms with Crippen molar-refractivity contribution >= 4 is 0 Å². The summed E-state index contributed by atoms with van der Waals surface area (Å²) in [6.07, 6.45) is 0. The first kappa shape index (κ1) is 8.63. The van der Waals surface area contributed by atoms with Gasteiger partial charge in [-0.05, 0) is 18.2 Å². The van der Waals surface area contributed by atoms with Gasteiger partial charge in [0.2, 0.25) is 0 Å². The van der Waals surface area contributed by atoms with Gasteiger partial charge in [0.05, 0.1) is 7.11 Å². The fraction of sp³-hybridized carbons (Fsp3) is 0.200. The van der Waals surface area contributed by atoms with Crippen LogP contribution < -0.4 is 4.74 Å². The Balaban J connectivity index is 2.86. The first-order chi connectivity index (χ1) is 5.86. The zero-order valence-corrected chi connectivity index (χ0v) is 6.87. The number of hydrogen-bond donors (Lipinski definition) is 1. The van der Waals surface area contributed by atoms with Crippen LogP contribution in [0.2, 0.25) is 0 Å². The molecular weight excluding hydrogens is 152 g/mol. The Morgan fingerprint density at radius 3 is 3.00 bits per heavy atom. The Morgan fingerprint density at radius 1 is 1.50 bits per heavy atom. The highest BCUT2D eigenvalue weighted by molar-refractivity contribution is 5.39. The molecular formula is C10H10O2. The minimum atomic E-state index is -0.114. The zero-order chi connectivity index (χ0) is 8.81. The second-order valence-corrected chi connectivity index (χ2v) is 2.19. The molecule has 1 aromatic carbocycles. The molecule has 0 aliphatic carbocycles. The van der Waals surface area contributed by atoms with Crippen LogP contribution in [0.3, 0.4) is 0 Å². The van der Waals surface area contributed by atoms with Crippen molar-refractivity contribution in [2.75, 3.05) is 13.7 Å². The first-order valence-electron chi connectivity index (χ1n) is 3.60. The molecule has 0 atom stereocenters. The Bertz CT molecular complexity index is 307. The highest BCUT2D eigenvalue weighted by Gasteiger charge is 1.90. The number of aliphatic hydroxyl groups is 1. The molecule has 1 rings (SSSR count). The van der Waals surface area contributed by atoms with Crippen LogP contribution in [0.25, 0.3) is 0 Å². The standard InChI is InChI=1S/C10H10O2/c1-12-10-6-2-4-9(8-10)5-3-7-11/h2,4,6,8,11H,7H2,1H3. The molecule has 62 valence electrons. The maximum Gasteiger partial charge on any atom is 0.120 e. The van der Waals surface area contributed by atoms with Crippen LogP contribution in [0.5, 0.6) is 5.75 Å². The number of benzene rings is 1. The third-order valence-electron chi connectivity index (χ3n) is 1.38. The molecule has 0 bridgehead atoms. The van der Waals surface area contributed by atoms with Crippen molar-refractivity contribution in [2.24, 2.45) is 0 Å². The van der Waals surface area contributed by atoms with Crippen LogP contribution in [0.15, 0.2) is 24.3 Å². The summed E-state index contributed by atoms with van der Waals surface area (Å²) >= 11 is 0. The molecule has 0 spiro atoms. The van der Waals surface area contributed by atoms with E-state index < -0.39 is 0 Å². The molecule has 0 aliphatic heterocycles. The topological polar surface area (TPSA) is 29.5 Å². The summed E-state index contributed by atoms with van der Waals surface area (Å²) in [7, 11) is 1.61. The molecule has 0 heterocycles. The maximum absolute atomic E-state index is 8.45. The summed E-state index contributed by atoms with van der Waals surface area (Å²) in [6, 6.07) is 7.40. The second kappa shape index (κ2) is 4.42. The highest BCUT2D eigenvalue weighted by atomic mass is 16.5. The fourth-order valence-electron chi connectivity index (χ4n) is 0.842. The van der Waals surface area contributed by atoms with E-state index in [0.29, 0.717) is 0 Å². The van der Waals surface area contributed by atoms with Gasteiger partial charge in [0, 0.05) is 5.56 Å². The van der Waals surface area contributed by atoms with E-state index in [2.05, 4.69) is 11.8 Å². The summed E-state index contributed by atoms with van der Waals surface area (Å²) < 4.78 is 5.00. The van der Waals surface area contributed by atoms with Crippen molar-refractivity contribution < 1.29 is 9.84 Å². The number of hydrogen-bond acceptors (Lipinski definition) is 2. The zero-order valence-electron chi connectivity index (χ0n) is 6.87. The number of ether oxygens (including phenoxy) is 1. The molecule has 2 heteroatoms. The van der Waals surface area contributed by atoms with Gasteiger partial charge in [-0.2, -0.15) is 0 Å². The average molecular weight is 162 g/mol. The van der Waals surface area contributed by atoms with Gasteiger partial charge in [0.25, 0.3) is 0 Å². The summed E-state index contributed by atoms with van der Waals surface area (Å²) in [5.41, 5.74) is 0.850. The van der Waals surface area contributed by atoms with Crippen molar-refractivity contribution in [1.82, 2.24) is 0 Å². The normalized spacial score (nSPS) is 8.50. The van der Waals surface area contributed by atoms with Gasteiger partial charge in [-0.1, -0.05) is 17.9 Å². The third kappa shape index (κ3) is 2.30. The van der Waals surface area contributed by atoms with Crippen LogP contribution in [0.1, 0.15) is 5.56 Å². The molecule has 1 N–H and O–H groups in total. The third-order valence-corrected chi connectivity index (χ3v) is 1.38. The van der Waals surface area contributed by atoms with Crippen molar-refractivity contribution in [3.63, 3.8) is 0 Å². The highest BCUT2D eigenvalue weighted by Crippen LogP contribution is 2.10. The Labute approximate surface area is 71.8 Å². The molecule has 0 saturated carbocycles. The van der Waals surface area contributed by atoms with E-state index in [4.69, 9.17) is 9.84 Å². The average Bonchev–Trinajstić information content (AvgIpc) is 2.15. The lowest BCUT2D eigenvalue weighted by Crippen LogP contribution is -1.83. The number of rotatable bonds is 1. The SMILES string of the molecule is COc1cccc(C#CCO)c1. The first-order valence-corrected chi connectivity index (χ1v) is 3.60. The van der Waals surface area contributed by atoms with Gasteiger partial charge in [-0.3, -0.25) is 0 Å². The van der Waals surface area contributed by atoms with Gasteiger partial charge in [0.1, 0.15) is 12.4 Å². The molecule has 0 saturated heterocycles. The van der Waals surface area contributed by atoms with E-state index >= 15 is 0 Å². The van der Waals surface area contributed by atoms with Crippen LogP contribution in [-0.2, 0) is 0 Å². The summed E-state index contributed by atoms with van der Waals surface area (Å²) in [4.78, 5) is 0. The summed E-state index contributed by atoms with van der Waals surface area (Å²) in [5, 5.41) is 8.45. The van der Waals surface area contributed by atoms with Crippen molar-refractivity contribution in [3.05, 3.63) is 29.8 Å². The van der Waals surface area contributed by atoms with Crippen molar-refractivity contribution in [2.45, 2.75) is 0 Å². The van der Waals surface area contributed by atoms with Crippen molar-refractivity contribution in [3.8, 4) is 17.6 Å². The van der Waals surface area contributed by atoms with Crippen LogP contribution in [0.4, 0.5) is 0 Å². The summed E-state index contributed by atoms with van der Waals surface area (Å²) in [6.45, 7) is -0.114. The van der Waals surface area contributed by atoms with E-state index in [1.165, 1.54) is 0 Å². The fourth-order valence-corrected chi connectivity index (χ4v) is 0.842. The monoisotopic (exact) mass is 162 g/mol. The molecule has 0 radical (unpaired) electrons. The van der Waals surface area contributed by atoms with Crippen LogP contribution in [0, 0.1) is 11.8 Å². The number of aliphatic hydroxyl groups excluding tert-OH is 1. The summed E-state index contributed by atoms with van der Waals surface area (Å²) in [5.74, 6) is 6.13. The van der Waals surface area contributed by atoms with Gasteiger partial charge in [0.15, 0.2) is 0 Å². The van der Waals surface area contributed by atoms with E-state index in [9.17, 15) is 0 Å². The van der Waals surface area contributed by atoms with Gasteiger partial charge >= 0.3 is 0 Å². The van der Waals surface area contributed by atoms with Crippen LogP contribution in [-0.4, -0.2) is 18.8 Å². The lowest BCUT2D eigenvalue weighted by Gasteiger charge is -1.97. The van der Waals surface area contributed by atoms with E-state index in [-0.39, 0.29) is 6.61 Å². The lowest BCUT2D eigenvalue weighted by molar-refractivity contribution is 0.350. The maximum atomic E-state index is 8.45. The molecule has 0 unspecified atom stereocenters. The molecule has 0 aromatic heterocycles. The molecule has 1 aromatic rings. The lowest BCUT2D eigenvalue weighted by atomic mass is 10.2. The quantitative estimate of drug-likeness (QED) is 0.625. The molecule has 0 aliphatic rings. The Morgan fingerprint density at radius 2 is 2.33 bits per heavy atom. The predicted octanol–water partition coefficient (Wildman–Crippen LogP) is 1.04. The Kier molecular flexibility index (Phi) is 3.18. The largest absolute Gasteiger partial charge is 0.497 e. The molecule has 0 amide bonds. The van der Waals surface area contributed by atoms with Crippen LogP contribution >= 0.6 is 0 Å².